The van der Waals surface area contributed by atoms with Crippen LogP contribution in [0.4, 0.5) is 0 Å². The maximum absolute atomic E-state index is 11.8. The maximum atomic E-state index is 11.8. The minimum absolute atomic E-state index is 0.0507. The van der Waals surface area contributed by atoms with Crippen LogP contribution in [0.2, 0.25) is 0 Å². The average Bonchev–Trinajstić information content (AvgIpc) is 2.38. The summed E-state index contributed by atoms with van der Waals surface area (Å²) in [6, 6.07) is 0. The van der Waals surface area contributed by atoms with Crippen molar-refractivity contribution in [1.29, 1.82) is 0 Å². The molecule has 0 aromatic heterocycles. The van der Waals surface area contributed by atoms with Gasteiger partial charge in [-0.1, -0.05) is 0 Å². The summed E-state index contributed by atoms with van der Waals surface area (Å²) >= 11 is 0. The molecule has 0 aromatic carbocycles. The molecule has 5 heteroatoms. The van der Waals surface area contributed by atoms with E-state index in [0.717, 1.165) is 26.1 Å². The lowest BCUT2D eigenvalue weighted by Gasteiger charge is -2.25. The molecule has 0 saturated carbocycles. The standard InChI is InChI=1S/C12H20N2O3/c15-11-4-3-10(7-13-11)12(16)14-6-9-2-1-5-17-8-9/h9-10H,1-8H2,(H,13,15)(H,14,16). The molecule has 0 aromatic rings. The van der Waals surface area contributed by atoms with Gasteiger partial charge in [-0.05, 0) is 25.2 Å². The summed E-state index contributed by atoms with van der Waals surface area (Å²) in [5.74, 6) is 0.508. The highest BCUT2D eigenvalue weighted by Gasteiger charge is 2.25. The van der Waals surface area contributed by atoms with Crippen LogP contribution in [0, 0.1) is 11.8 Å². The normalized spacial score (nSPS) is 29.5. The highest BCUT2D eigenvalue weighted by atomic mass is 16.5. The molecule has 0 radical (unpaired) electrons. The van der Waals surface area contributed by atoms with Crippen LogP contribution >= 0.6 is 0 Å². The second kappa shape index (κ2) is 6.00. The molecule has 2 fully saturated rings. The Hall–Kier alpha value is -1.10. The Labute approximate surface area is 101 Å². The first-order valence-corrected chi connectivity index (χ1v) is 6.38. The summed E-state index contributed by atoms with van der Waals surface area (Å²) in [7, 11) is 0. The van der Waals surface area contributed by atoms with Gasteiger partial charge in [0.15, 0.2) is 0 Å². The first-order chi connectivity index (χ1) is 8.25. The van der Waals surface area contributed by atoms with Crippen molar-refractivity contribution in [3.05, 3.63) is 0 Å². The van der Waals surface area contributed by atoms with Gasteiger partial charge in [0.05, 0.1) is 12.5 Å². The van der Waals surface area contributed by atoms with E-state index >= 15 is 0 Å². The first-order valence-electron chi connectivity index (χ1n) is 6.38. The molecule has 2 aliphatic heterocycles. The average molecular weight is 240 g/mol. The second-order valence-corrected chi connectivity index (χ2v) is 4.87. The van der Waals surface area contributed by atoms with Crippen molar-refractivity contribution in [2.24, 2.45) is 11.8 Å². The van der Waals surface area contributed by atoms with Crippen LogP contribution in [-0.4, -0.2) is 38.1 Å². The molecule has 2 aliphatic rings. The lowest BCUT2D eigenvalue weighted by molar-refractivity contribution is -0.129. The fraction of sp³-hybridized carbons (Fsp3) is 0.833. The van der Waals surface area contributed by atoms with Crippen molar-refractivity contribution in [2.75, 3.05) is 26.3 Å². The summed E-state index contributed by atoms with van der Waals surface area (Å²) in [6.45, 7) is 2.77. The van der Waals surface area contributed by atoms with Gasteiger partial charge in [0.2, 0.25) is 11.8 Å². The number of carbonyl (C=O) groups is 2. The number of hydrogen-bond donors (Lipinski definition) is 2. The van der Waals surface area contributed by atoms with E-state index in [2.05, 4.69) is 10.6 Å². The van der Waals surface area contributed by atoms with Crippen LogP contribution in [0.3, 0.4) is 0 Å². The van der Waals surface area contributed by atoms with Crippen molar-refractivity contribution < 1.29 is 14.3 Å². The molecule has 2 unspecified atom stereocenters. The third-order valence-corrected chi connectivity index (χ3v) is 3.46. The van der Waals surface area contributed by atoms with Gasteiger partial charge in [0.25, 0.3) is 0 Å². The van der Waals surface area contributed by atoms with Gasteiger partial charge in [0.1, 0.15) is 0 Å². The van der Waals surface area contributed by atoms with Crippen LogP contribution < -0.4 is 10.6 Å². The number of hydrogen-bond acceptors (Lipinski definition) is 3. The van der Waals surface area contributed by atoms with E-state index < -0.39 is 0 Å². The van der Waals surface area contributed by atoms with Gasteiger partial charge in [-0.15, -0.1) is 0 Å². The SMILES string of the molecule is O=C1CCC(C(=O)NCC2CCCOC2)CN1. The van der Waals surface area contributed by atoms with Gasteiger partial charge >= 0.3 is 0 Å². The van der Waals surface area contributed by atoms with E-state index in [0.29, 0.717) is 31.8 Å². The van der Waals surface area contributed by atoms with E-state index in [4.69, 9.17) is 4.74 Å². The van der Waals surface area contributed by atoms with Gasteiger partial charge in [-0.3, -0.25) is 9.59 Å². The molecule has 2 saturated heterocycles. The molecule has 2 N–H and O–H groups in total. The van der Waals surface area contributed by atoms with Crippen molar-refractivity contribution in [3.8, 4) is 0 Å². The fourth-order valence-electron chi connectivity index (χ4n) is 2.31. The van der Waals surface area contributed by atoms with E-state index in [1.807, 2.05) is 0 Å². The largest absolute Gasteiger partial charge is 0.381 e. The highest BCUT2D eigenvalue weighted by molar-refractivity contribution is 5.83. The van der Waals surface area contributed by atoms with E-state index in [9.17, 15) is 9.59 Å². The highest BCUT2D eigenvalue weighted by Crippen LogP contribution is 2.14. The summed E-state index contributed by atoms with van der Waals surface area (Å²) in [6.07, 6.45) is 3.34. The monoisotopic (exact) mass is 240 g/mol. The van der Waals surface area contributed by atoms with Crippen molar-refractivity contribution in [3.63, 3.8) is 0 Å². The van der Waals surface area contributed by atoms with Crippen LogP contribution in [0.5, 0.6) is 0 Å². The van der Waals surface area contributed by atoms with Crippen LogP contribution in [0.25, 0.3) is 0 Å². The number of amides is 2. The zero-order valence-electron chi connectivity index (χ0n) is 10.0. The number of ether oxygens (including phenoxy) is 1. The molecular formula is C12H20N2O3. The molecular weight excluding hydrogens is 220 g/mol. The molecule has 2 heterocycles. The minimum Gasteiger partial charge on any atom is -0.381 e. The Bertz CT molecular complexity index is 277. The topological polar surface area (TPSA) is 67.4 Å². The zero-order valence-corrected chi connectivity index (χ0v) is 10.0. The van der Waals surface area contributed by atoms with Gasteiger partial charge in [-0.2, -0.15) is 0 Å². The van der Waals surface area contributed by atoms with Gasteiger partial charge < -0.3 is 15.4 Å². The molecule has 17 heavy (non-hydrogen) atoms. The lowest BCUT2D eigenvalue weighted by atomic mass is 9.97. The Morgan fingerprint density at radius 3 is 3.00 bits per heavy atom. The van der Waals surface area contributed by atoms with Crippen molar-refractivity contribution in [2.45, 2.75) is 25.7 Å². The zero-order chi connectivity index (χ0) is 12.1. The molecule has 5 nitrogen and oxygen atoms in total. The first kappa shape index (κ1) is 12.4. The molecule has 0 bridgehead atoms. The second-order valence-electron chi connectivity index (χ2n) is 4.87. The molecule has 2 atom stereocenters. The number of piperidine rings is 1. The van der Waals surface area contributed by atoms with Crippen molar-refractivity contribution in [1.82, 2.24) is 10.6 Å². The Kier molecular flexibility index (Phi) is 4.36. The summed E-state index contributed by atoms with van der Waals surface area (Å²) in [4.78, 5) is 22.8. The van der Waals surface area contributed by atoms with E-state index in [1.165, 1.54) is 0 Å². The maximum Gasteiger partial charge on any atom is 0.224 e. The molecule has 2 rings (SSSR count). The quantitative estimate of drug-likeness (QED) is 0.733. The number of nitrogens with one attached hydrogen (secondary N) is 2. The number of carbonyl (C=O) groups excluding carboxylic acids is 2. The molecule has 2 amide bonds. The third-order valence-electron chi connectivity index (χ3n) is 3.46. The Morgan fingerprint density at radius 1 is 1.47 bits per heavy atom. The number of rotatable bonds is 3. The fourth-order valence-corrected chi connectivity index (χ4v) is 2.31. The summed E-state index contributed by atoms with van der Waals surface area (Å²) in [5, 5.41) is 5.69. The van der Waals surface area contributed by atoms with Crippen LogP contribution in [-0.2, 0) is 14.3 Å². The Balaban J connectivity index is 1.67. The minimum atomic E-state index is -0.0581. The lowest BCUT2D eigenvalue weighted by Crippen LogP contribution is -2.44. The molecule has 0 aliphatic carbocycles. The van der Waals surface area contributed by atoms with E-state index in [1.54, 1.807) is 0 Å². The van der Waals surface area contributed by atoms with Crippen LogP contribution in [0.1, 0.15) is 25.7 Å². The van der Waals surface area contributed by atoms with Crippen molar-refractivity contribution >= 4 is 11.8 Å². The predicted molar refractivity (Wildman–Crippen MR) is 62.3 cm³/mol. The summed E-state index contributed by atoms with van der Waals surface area (Å²) < 4.78 is 5.37. The Morgan fingerprint density at radius 2 is 2.35 bits per heavy atom. The third kappa shape index (κ3) is 3.70. The van der Waals surface area contributed by atoms with E-state index in [-0.39, 0.29) is 17.7 Å². The predicted octanol–water partition coefficient (Wildman–Crippen LogP) is 0.0554. The smallest absolute Gasteiger partial charge is 0.224 e. The molecule has 0 spiro atoms. The van der Waals surface area contributed by atoms with Crippen LogP contribution in [0.15, 0.2) is 0 Å². The molecule has 96 valence electrons. The summed E-state index contributed by atoms with van der Waals surface area (Å²) in [5.41, 5.74) is 0. The van der Waals surface area contributed by atoms with Gasteiger partial charge in [0, 0.05) is 26.1 Å². The van der Waals surface area contributed by atoms with Gasteiger partial charge in [-0.25, -0.2) is 0 Å².